The van der Waals surface area contributed by atoms with Crippen molar-refractivity contribution in [2.45, 2.75) is 32.0 Å². The fourth-order valence-corrected chi connectivity index (χ4v) is 5.60. The molecule has 2 aliphatic heterocycles. The molecule has 1 aromatic heterocycles. The lowest BCUT2D eigenvalue weighted by Gasteiger charge is -2.33. The molecule has 5 rings (SSSR count). The van der Waals surface area contributed by atoms with E-state index in [0.717, 1.165) is 43.6 Å². The van der Waals surface area contributed by atoms with Gasteiger partial charge in [-0.15, -0.1) is 11.3 Å². The standard InChI is InChI=1S/C21H23NO3S/c23-20(22-9-7-15(8-10-22)21-24-11-12-25-21)18-13-16-6-5-14-3-1-2-4-17(14)19(16)26-18/h1-4,13,15,21H,5-12H2. The Morgan fingerprint density at radius 2 is 1.77 bits per heavy atom. The van der Waals surface area contributed by atoms with Gasteiger partial charge in [-0.1, -0.05) is 24.3 Å². The maximum Gasteiger partial charge on any atom is 0.263 e. The Kier molecular flexibility index (Phi) is 4.31. The molecule has 0 saturated carbocycles. The van der Waals surface area contributed by atoms with Gasteiger partial charge in [0.2, 0.25) is 0 Å². The van der Waals surface area contributed by atoms with Crippen molar-refractivity contribution in [3.63, 3.8) is 0 Å². The number of amides is 1. The molecule has 136 valence electrons. The van der Waals surface area contributed by atoms with Gasteiger partial charge in [-0.3, -0.25) is 4.79 Å². The Bertz CT molecular complexity index is 816. The molecule has 2 saturated heterocycles. The van der Waals surface area contributed by atoms with Gasteiger partial charge in [-0.05, 0) is 48.4 Å². The molecule has 2 fully saturated rings. The van der Waals surface area contributed by atoms with Crippen LogP contribution in [0.15, 0.2) is 30.3 Å². The van der Waals surface area contributed by atoms with E-state index in [4.69, 9.17) is 9.47 Å². The van der Waals surface area contributed by atoms with Gasteiger partial charge in [0.15, 0.2) is 6.29 Å². The van der Waals surface area contributed by atoms with E-state index in [9.17, 15) is 4.79 Å². The summed E-state index contributed by atoms with van der Waals surface area (Å²) in [7, 11) is 0. The van der Waals surface area contributed by atoms with Gasteiger partial charge in [-0.2, -0.15) is 0 Å². The van der Waals surface area contributed by atoms with Crippen molar-refractivity contribution in [3.8, 4) is 10.4 Å². The molecule has 5 heteroatoms. The van der Waals surface area contributed by atoms with Gasteiger partial charge in [0.1, 0.15) is 0 Å². The Morgan fingerprint density at radius 1 is 1.04 bits per heavy atom. The summed E-state index contributed by atoms with van der Waals surface area (Å²) >= 11 is 1.67. The molecule has 0 bridgehead atoms. The van der Waals surface area contributed by atoms with E-state index in [1.807, 2.05) is 4.90 Å². The van der Waals surface area contributed by atoms with Gasteiger partial charge in [0.05, 0.1) is 18.1 Å². The molecule has 0 N–H and O–H groups in total. The largest absolute Gasteiger partial charge is 0.350 e. The van der Waals surface area contributed by atoms with Gasteiger partial charge >= 0.3 is 0 Å². The number of ether oxygens (including phenoxy) is 2. The number of carbonyl (C=O) groups excluding carboxylic acids is 1. The number of nitrogens with zero attached hydrogens (tertiary/aromatic N) is 1. The molecule has 0 unspecified atom stereocenters. The minimum atomic E-state index is -0.0576. The maximum atomic E-state index is 13.0. The van der Waals surface area contributed by atoms with Crippen LogP contribution in [-0.4, -0.2) is 43.4 Å². The number of thiophene rings is 1. The highest BCUT2D eigenvalue weighted by Gasteiger charge is 2.33. The first kappa shape index (κ1) is 16.5. The minimum Gasteiger partial charge on any atom is -0.350 e. The molecule has 0 spiro atoms. The monoisotopic (exact) mass is 369 g/mol. The number of hydrogen-bond acceptors (Lipinski definition) is 4. The van der Waals surface area contributed by atoms with Gasteiger partial charge in [0, 0.05) is 23.9 Å². The summed E-state index contributed by atoms with van der Waals surface area (Å²) in [6.45, 7) is 3.00. The average Bonchev–Trinajstić information content (AvgIpc) is 3.37. The molecule has 26 heavy (non-hydrogen) atoms. The highest BCUT2D eigenvalue weighted by Crippen LogP contribution is 2.40. The summed E-state index contributed by atoms with van der Waals surface area (Å²) in [6.07, 6.45) is 3.97. The second-order valence-electron chi connectivity index (χ2n) is 7.36. The molecule has 3 heterocycles. The number of rotatable bonds is 2. The Labute approximate surface area is 157 Å². The number of aryl methyl sites for hydroxylation is 2. The van der Waals surface area contributed by atoms with Crippen molar-refractivity contribution >= 4 is 17.2 Å². The first-order valence-electron chi connectivity index (χ1n) is 9.53. The molecule has 2 aromatic rings. The number of carbonyl (C=O) groups is 1. The number of hydrogen-bond donors (Lipinski definition) is 0. The summed E-state index contributed by atoms with van der Waals surface area (Å²) in [4.78, 5) is 17.2. The van der Waals surface area contributed by atoms with Crippen molar-refractivity contribution < 1.29 is 14.3 Å². The van der Waals surface area contributed by atoms with Gasteiger partial charge < -0.3 is 14.4 Å². The molecule has 0 atom stereocenters. The molecular formula is C21H23NO3S. The van der Waals surface area contributed by atoms with Crippen LogP contribution in [0.1, 0.15) is 33.6 Å². The summed E-state index contributed by atoms with van der Waals surface area (Å²) < 4.78 is 11.3. The lowest BCUT2D eigenvalue weighted by molar-refractivity contribution is -0.0955. The van der Waals surface area contributed by atoms with E-state index in [0.29, 0.717) is 19.1 Å². The number of fused-ring (bicyclic) bond motifs is 3. The van der Waals surface area contributed by atoms with Crippen molar-refractivity contribution in [1.82, 2.24) is 4.90 Å². The second kappa shape index (κ2) is 6.80. The van der Waals surface area contributed by atoms with Gasteiger partial charge in [0.25, 0.3) is 5.91 Å². The zero-order chi connectivity index (χ0) is 17.5. The van der Waals surface area contributed by atoms with Crippen molar-refractivity contribution in [2.24, 2.45) is 5.92 Å². The van der Waals surface area contributed by atoms with E-state index < -0.39 is 0 Å². The number of likely N-dealkylation sites (tertiary alicyclic amines) is 1. The molecule has 3 aliphatic rings. The maximum absolute atomic E-state index is 13.0. The highest BCUT2D eigenvalue weighted by atomic mass is 32.1. The van der Waals surface area contributed by atoms with Crippen LogP contribution in [0.3, 0.4) is 0 Å². The summed E-state index contributed by atoms with van der Waals surface area (Å²) in [5.41, 5.74) is 4.05. The Morgan fingerprint density at radius 3 is 2.58 bits per heavy atom. The lowest BCUT2D eigenvalue weighted by atomic mass is 9.91. The van der Waals surface area contributed by atoms with Gasteiger partial charge in [-0.25, -0.2) is 0 Å². The average molecular weight is 369 g/mol. The topological polar surface area (TPSA) is 38.8 Å². The van der Waals surface area contributed by atoms with E-state index >= 15 is 0 Å². The van der Waals surface area contributed by atoms with Crippen LogP contribution in [0.25, 0.3) is 10.4 Å². The van der Waals surface area contributed by atoms with Crippen molar-refractivity contribution in [3.05, 3.63) is 46.3 Å². The number of piperidine rings is 1. The van der Waals surface area contributed by atoms with Crippen molar-refractivity contribution in [1.29, 1.82) is 0 Å². The second-order valence-corrected chi connectivity index (χ2v) is 8.41. The molecule has 1 amide bonds. The molecule has 4 nitrogen and oxygen atoms in total. The fraction of sp³-hybridized carbons (Fsp3) is 0.476. The van der Waals surface area contributed by atoms with E-state index in [2.05, 4.69) is 30.3 Å². The normalized spacial score (nSPS) is 20.8. The molecular weight excluding hydrogens is 346 g/mol. The van der Waals surface area contributed by atoms with Crippen LogP contribution in [0, 0.1) is 5.92 Å². The summed E-state index contributed by atoms with van der Waals surface area (Å²) in [5.74, 6) is 0.610. The highest BCUT2D eigenvalue weighted by molar-refractivity contribution is 7.17. The summed E-state index contributed by atoms with van der Waals surface area (Å²) in [6, 6.07) is 10.7. The predicted molar refractivity (Wildman–Crippen MR) is 101 cm³/mol. The molecule has 1 aromatic carbocycles. The van der Waals surface area contributed by atoms with Crippen LogP contribution in [0.5, 0.6) is 0 Å². The third kappa shape index (κ3) is 2.88. The first-order chi connectivity index (χ1) is 12.8. The number of benzene rings is 1. The van der Waals surface area contributed by atoms with E-state index in [-0.39, 0.29) is 12.2 Å². The lowest BCUT2D eigenvalue weighted by Crippen LogP contribution is -2.41. The minimum absolute atomic E-state index is 0.0576. The third-order valence-electron chi connectivity index (χ3n) is 5.80. The smallest absolute Gasteiger partial charge is 0.263 e. The Hall–Kier alpha value is -1.69. The van der Waals surface area contributed by atoms with Crippen LogP contribution < -0.4 is 0 Å². The van der Waals surface area contributed by atoms with E-state index in [1.165, 1.54) is 21.6 Å². The predicted octanol–water partition coefficient (Wildman–Crippen LogP) is 3.74. The van der Waals surface area contributed by atoms with Crippen LogP contribution in [0.4, 0.5) is 0 Å². The first-order valence-corrected chi connectivity index (χ1v) is 10.3. The zero-order valence-electron chi connectivity index (χ0n) is 14.8. The van der Waals surface area contributed by atoms with Crippen LogP contribution >= 0.6 is 11.3 Å². The SMILES string of the molecule is O=C(c1cc2c(s1)-c1ccccc1CC2)N1CCC(C2OCCO2)CC1. The fourth-order valence-electron chi connectivity index (χ4n) is 4.36. The van der Waals surface area contributed by atoms with Crippen LogP contribution in [0.2, 0.25) is 0 Å². The summed E-state index contributed by atoms with van der Waals surface area (Å²) in [5, 5.41) is 0. The van der Waals surface area contributed by atoms with E-state index in [1.54, 1.807) is 11.3 Å². The van der Waals surface area contributed by atoms with Crippen molar-refractivity contribution in [2.75, 3.05) is 26.3 Å². The third-order valence-corrected chi connectivity index (χ3v) is 7.00. The molecule has 0 radical (unpaired) electrons. The van der Waals surface area contributed by atoms with Crippen LogP contribution in [-0.2, 0) is 22.3 Å². The Balaban J connectivity index is 1.31. The molecule has 1 aliphatic carbocycles. The quantitative estimate of drug-likeness (QED) is 0.809. The zero-order valence-corrected chi connectivity index (χ0v) is 15.6.